The van der Waals surface area contributed by atoms with Crippen molar-refractivity contribution in [3.8, 4) is 0 Å². The van der Waals surface area contributed by atoms with E-state index in [-0.39, 0.29) is 6.03 Å². The first-order chi connectivity index (χ1) is 5.17. The second-order valence-electron chi connectivity index (χ2n) is 1.91. The maximum absolute atomic E-state index is 11.0. The molecule has 0 aromatic carbocycles. The van der Waals surface area contributed by atoms with Gasteiger partial charge >= 0.3 is 6.03 Å². The lowest BCUT2D eigenvalue weighted by molar-refractivity contribution is 0.228. The molecule has 64 valence electrons. The van der Waals surface area contributed by atoms with Crippen LogP contribution in [0.1, 0.15) is 0 Å². The molecule has 0 fully saturated rings. The van der Waals surface area contributed by atoms with Gasteiger partial charge in [-0.1, -0.05) is 0 Å². The number of nitrogens with one attached hydrogen (secondary N) is 2. The van der Waals surface area contributed by atoms with Crippen LogP contribution in [-0.2, 0) is 0 Å². The van der Waals surface area contributed by atoms with Crippen molar-refractivity contribution in [1.29, 1.82) is 0 Å². The van der Waals surface area contributed by atoms with Gasteiger partial charge < -0.3 is 10.6 Å². The van der Waals surface area contributed by atoms with Gasteiger partial charge in [0.1, 0.15) is 0 Å². The predicted molar refractivity (Wildman–Crippen MR) is 44.6 cm³/mol. The van der Waals surface area contributed by atoms with E-state index < -0.39 is 0 Å². The van der Waals surface area contributed by atoms with Gasteiger partial charge in [-0.3, -0.25) is 9.89 Å². The molecule has 0 unspecified atom stereocenters. The molecule has 0 saturated heterocycles. The summed E-state index contributed by atoms with van der Waals surface area (Å²) in [4.78, 5) is 16.2. The van der Waals surface area contributed by atoms with Crippen LogP contribution in [0, 0.1) is 0 Å². The number of carbonyl (C=O) groups is 1. The zero-order chi connectivity index (χ0) is 8.85. The number of carbonyl (C=O) groups excluding carboxylic acids is 1. The normalized spacial score (nSPS) is 10.7. The average Bonchev–Trinajstić information content (AvgIpc) is 2.05. The molecule has 5 heteroatoms. The quantitative estimate of drug-likeness (QED) is 0.367. The van der Waals surface area contributed by atoms with E-state index >= 15 is 0 Å². The van der Waals surface area contributed by atoms with Crippen LogP contribution in [0.2, 0.25) is 0 Å². The van der Waals surface area contributed by atoms with Crippen LogP contribution in [0.5, 0.6) is 0 Å². The Morgan fingerprint density at radius 3 is 2.18 bits per heavy atom. The SMILES string of the molecule is CN=C(NC)N(C)C(=O)NC. The largest absolute Gasteiger partial charge is 0.359 e. The molecule has 11 heavy (non-hydrogen) atoms. The Kier molecular flexibility index (Phi) is 4.02. The van der Waals surface area contributed by atoms with Gasteiger partial charge in [-0.2, -0.15) is 0 Å². The highest BCUT2D eigenvalue weighted by Crippen LogP contribution is 1.83. The van der Waals surface area contributed by atoms with E-state index in [2.05, 4.69) is 15.6 Å². The third-order valence-electron chi connectivity index (χ3n) is 1.27. The van der Waals surface area contributed by atoms with Crippen molar-refractivity contribution >= 4 is 12.0 Å². The monoisotopic (exact) mass is 158 g/mol. The highest BCUT2D eigenvalue weighted by molar-refractivity contribution is 5.95. The van der Waals surface area contributed by atoms with Crippen LogP contribution in [0.15, 0.2) is 4.99 Å². The van der Waals surface area contributed by atoms with Gasteiger partial charge in [0.2, 0.25) is 5.96 Å². The van der Waals surface area contributed by atoms with Crippen molar-refractivity contribution in [2.45, 2.75) is 0 Å². The van der Waals surface area contributed by atoms with Crippen LogP contribution in [0.25, 0.3) is 0 Å². The van der Waals surface area contributed by atoms with Crippen LogP contribution in [-0.4, -0.2) is 45.1 Å². The maximum atomic E-state index is 11.0. The van der Waals surface area contributed by atoms with Crippen molar-refractivity contribution in [2.75, 3.05) is 28.2 Å². The molecule has 0 aromatic heterocycles. The van der Waals surface area contributed by atoms with Crippen LogP contribution in [0.4, 0.5) is 4.79 Å². The molecule has 0 atom stereocenters. The minimum absolute atomic E-state index is 0.194. The standard InChI is InChI=1S/C6H14N4O/c1-7-5(8-2)10(4)6(11)9-3/h1-4H3,(H,7,8)(H,9,11). The number of rotatable bonds is 0. The molecule has 0 rings (SSSR count). The molecule has 0 radical (unpaired) electrons. The number of amides is 2. The molecule has 5 nitrogen and oxygen atoms in total. The summed E-state index contributed by atoms with van der Waals surface area (Å²) in [5.74, 6) is 0.532. The number of hydrogen-bond acceptors (Lipinski definition) is 2. The summed E-state index contributed by atoms with van der Waals surface area (Å²) in [6, 6.07) is -0.194. The fourth-order valence-corrected chi connectivity index (χ4v) is 0.693. The van der Waals surface area contributed by atoms with Crippen molar-refractivity contribution in [3.63, 3.8) is 0 Å². The first-order valence-corrected chi connectivity index (χ1v) is 3.27. The lowest BCUT2D eigenvalue weighted by atomic mass is 10.7. The maximum Gasteiger partial charge on any atom is 0.323 e. The fourth-order valence-electron chi connectivity index (χ4n) is 0.693. The minimum Gasteiger partial charge on any atom is -0.359 e. The van der Waals surface area contributed by atoms with Crippen molar-refractivity contribution in [3.05, 3.63) is 0 Å². The second kappa shape index (κ2) is 4.54. The minimum atomic E-state index is -0.194. The van der Waals surface area contributed by atoms with Gasteiger partial charge in [0, 0.05) is 28.2 Å². The summed E-state index contributed by atoms with van der Waals surface area (Å²) in [7, 11) is 6.53. The van der Waals surface area contributed by atoms with Crippen molar-refractivity contribution in [1.82, 2.24) is 15.5 Å². The molecule has 0 aliphatic carbocycles. The zero-order valence-corrected chi connectivity index (χ0v) is 7.30. The third-order valence-corrected chi connectivity index (χ3v) is 1.27. The average molecular weight is 158 g/mol. The van der Waals surface area contributed by atoms with E-state index in [1.54, 1.807) is 28.2 Å². The first kappa shape index (κ1) is 9.74. The van der Waals surface area contributed by atoms with Gasteiger partial charge in [0.15, 0.2) is 0 Å². The summed E-state index contributed by atoms with van der Waals surface area (Å²) in [6.07, 6.45) is 0. The Hall–Kier alpha value is -1.26. The molecule has 0 bridgehead atoms. The molecule has 2 amide bonds. The van der Waals surface area contributed by atoms with Gasteiger partial charge in [-0.15, -0.1) is 0 Å². The highest BCUT2D eigenvalue weighted by Gasteiger charge is 2.09. The summed E-state index contributed by atoms with van der Waals surface area (Å²) in [6.45, 7) is 0. The summed E-state index contributed by atoms with van der Waals surface area (Å²) in [5.41, 5.74) is 0. The molecule has 0 saturated carbocycles. The Morgan fingerprint density at radius 2 is 1.91 bits per heavy atom. The first-order valence-electron chi connectivity index (χ1n) is 3.27. The molecular formula is C6H14N4O. The van der Waals surface area contributed by atoms with E-state index in [1.165, 1.54) is 4.90 Å². The highest BCUT2D eigenvalue weighted by atomic mass is 16.2. The van der Waals surface area contributed by atoms with E-state index in [0.29, 0.717) is 5.96 Å². The van der Waals surface area contributed by atoms with Gasteiger partial charge in [-0.25, -0.2) is 4.79 Å². The van der Waals surface area contributed by atoms with E-state index in [1.807, 2.05) is 0 Å². The lowest BCUT2D eigenvalue weighted by Crippen LogP contribution is -2.44. The number of hydrogen-bond donors (Lipinski definition) is 2. The molecule has 0 spiro atoms. The Morgan fingerprint density at radius 1 is 1.36 bits per heavy atom. The van der Waals surface area contributed by atoms with Crippen LogP contribution in [0.3, 0.4) is 0 Å². The van der Waals surface area contributed by atoms with Crippen LogP contribution >= 0.6 is 0 Å². The zero-order valence-electron chi connectivity index (χ0n) is 7.30. The smallest absolute Gasteiger partial charge is 0.323 e. The van der Waals surface area contributed by atoms with Crippen molar-refractivity contribution in [2.24, 2.45) is 4.99 Å². The topological polar surface area (TPSA) is 56.7 Å². The van der Waals surface area contributed by atoms with E-state index in [0.717, 1.165) is 0 Å². The molecule has 0 heterocycles. The number of aliphatic imine (C=N–C) groups is 1. The van der Waals surface area contributed by atoms with Gasteiger partial charge in [0.25, 0.3) is 0 Å². The summed E-state index contributed by atoms with van der Waals surface area (Å²) < 4.78 is 0. The number of nitrogens with zero attached hydrogens (tertiary/aromatic N) is 2. The summed E-state index contributed by atoms with van der Waals surface area (Å²) in [5, 5.41) is 5.26. The Labute approximate surface area is 66.5 Å². The van der Waals surface area contributed by atoms with Gasteiger partial charge in [0.05, 0.1) is 0 Å². The molecular weight excluding hydrogens is 144 g/mol. The molecule has 0 aliphatic heterocycles. The number of urea groups is 1. The van der Waals surface area contributed by atoms with Crippen LogP contribution < -0.4 is 10.6 Å². The molecule has 0 aliphatic rings. The number of guanidine groups is 1. The Balaban J connectivity index is 4.21. The third kappa shape index (κ3) is 2.45. The lowest BCUT2D eigenvalue weighted by Gasteiger charge is -2.17. The van der Waals surface area contributed by atoms with E-state index in [9.17, 15) is 4.79 Å². The molecule has 2 N–H and O–H groups in total. The predicted octanol–water partition coefficient (Wildman–Crippen LogP) is -0.537. The van der Waals surface area contributed by atoms with Gasteiger partial charge in [-0.05, 0) is 0 Å². The van der Waals surface area contributed by atoms with Crippen molar-refractivity contribution < 1.29 is 4.79 Å². The summed E-state index contributed by atoms with van der Waals surface area (Å²) >= 11 is 0. The Bertz CT molecular complexity index is 166. The second-order valence-corrected chi connectivity index (χ2v) is 1.91. The fraction of sp³-hybridized carbons (Fsp3) is 0.667. The molecule has 0 aromatic rings. The van der Waals surface area contributed by atoms with E-state index in [4.69, 9.17) is 0 Å².